The number of H-pyrrole nitrogens is 1. The SMILES string of the molecule is Cc1cc(OC[C@H]2COC(C)(C)O2)ccc1-c1cccc(COc2ccc(Cn3oc(=O)[nH]c3=O)cc2)c1C. The van der Waals surface area contributed by atoms with Gasteiger partial charge >= 0.3 is 11.4 Å². The maximum atomic E-state index is 11.6. The maximum Gasteiger partial charge on any atom is 0.440 e. The molecule has 1 saturated heterocycles. The minimum absolute atomic E-state index is 0.0821. The molecule has 1 aliphatic heterocycles. The molecule has 39 heavy (non-hydrogen) atoms. The van der Waals surface area contributed by atoms with Gasteiger partial charge in [-0.25, -0.2) is 14.6 Å². The predicted octanol–water partition coefficient (Wildman–Crippen LogP) is 4.57. The topological polar surface area (TPSA) is 105 Å². The molecule has 0 radical (unpaired) electrons. The molecule has 0 saturated carbocycles. The maximum absolute atomic E-state index is 11.6. The lowest BCUT2D eigenvalue weighted by atomic mass is 9.93. The summed E-state index contributed by atoms with van der Waals surface area (Å²) in [7, 11) is 0. The third-order valence-electron chi connectivity index (χ3n) is 6.71. The van der Waals surface area contributed by atoms with E-state index in [1.807, 2.05) is 56.3 Å². The van der Waals surface area contributed by atoms with E-state index >= 15 is 0 Å². The zero-order chi connectivity index (χ0) is 27.6. The molecule has 0 spiro atoms. The fourth-order valence-electron chi connectivity index (χ4n) is 4.63. The molecule has 0 bridgehead atoms. The molecule has 4 aromatic rings. The van der Waals surface area contributed by atoms with Gasteiger partial charge < -0.3 is 23.5 Å². The largest absolute Gasteiger partial charge is 0.491 e. The van der Waals surface area contributed by atoms with E-state index in [-0.39, 0.29) is 12.6 Å². The van der Waals surface area contributed by atoms with E-state index in [9.17, 15) is 9.59 Å². The fraction of sp³-hybridized carbons (Fsp3) is 0.333. The van der Waals surface area contributed by atoms with Crippen molar-refractivity contribution in [2.45, 2.75) is 52.7 Å². The highest BCUT2D eigenvalue weighted by atomic mass is 16.7. The van der Waals surface area contributed by atoms with Gasteiger partial charge in [0, 0.05) is 0 Å². The lowest BCUT2D eigenvalue weighted by Crippen LogP contribution is -2.25. The average molecular weight is 533 g/mol. The van der Waals surface area contributed by atoms with Crippen molar-refractivity contribution in [3.8, 4) is 22.6 Å². The number of nitrogens with one attached hydrogen (secondary N) is 1. The second-order valence-corrected chi connectivity index (χ2v) is 10.1. The van der Waals surface area contributed by atoms with E-state index in [2.05, 4.69) is 37.0 Å². The molecule has 9 heteroatoms. The molecule has 204 valence electrons. The highest BCUT2D eigenvalue weighted by Crippen LogP contribution is 2.32. The highest BCUT2D eigenvalue weighted by molar-refractivity contribution is 5.72. The van der Waals surface area contributed by atoms with Crippen LogP contribution in [0.25, 0.3) is 11.1 Å². The quantitative estimate of drug-likeness (QED) is 0.337. The van der Waals surface area contributed by atoms with Crippen LogP contribution in [0.4, 0.5) is 0 Å². The molecular formula is C30H32N2O7. The van der Waals surface area contributed by atoms with Crippen molar-refractivity contribution in [2.75, 3.05) is 13.2 Å². The molecule has 1 aromatic heterocycles. The van der Waals surface area contributed by atoms with E-state index in [1.165, 1.54) is 0 Å². The molecule has 9 nitrogen and oxygen atoms in total. The van der Waals surface area contributed by atoms with Crippen molar-refractivity contribution in [1.82, 2.24) is 9.72 Å². The zero-order valence-electron chi connectivity index (χ0n) is 22.5. The Labute approximate surface area is 225 Å². The van der Waals surface area contributed by atoms with Crippen LogP contribution < -0.4 is 20.9 Å². The monoisotopic (exact) mass is 532 g/mol. The fourth-order valence-corrected chi connectivity index (χ4v) is 4.63. The number of hydrogen-bond donors (Lipinski definition) is 1. The van der Waals surface area contributed by atoms with Crippen LogP contribution in [0.3, 0.4) is 0 Å². The molecule has 3 aromatic carbocycles. The Bertz CT molecular complexity index is 1560. The van der Waals surface area contributed by atoms with Crippen LogP contribution in [-0.4, -0.2) is 34.8 Å². The first-order valence-electron chi connectivity index (χ1n) is 12.8. The average Bonchev–Trinajstić information content (AvgIpc) is 3.42. The summed E-state index contributed by atoms with van der Waals surface area (Å²) in [4.78, 5) is 24.9. The van der Waals surface area contributed by atoms with Gasteiger partial charge in [0.25, 0.3) is 0 Å². The number of hydrogen-bond acceptors (Lipinski definition) is 7. The van der Waals surface area contributed by atoms with Crippen LogP contribution in [0.2, 0.25) is 0 Å². The molecule has 0 amide bonds. The Morgan fingerprint density at radius 3 is 2.41 bits per heavy atom. The molecule has 5 rings (SSSR count). The number of aryl methyl sites for hydroxylation is 1. The lowest BCUT2D eigenvalue weighted by molar-refractivity contribution is -0.141. The zero-order valence-corrected chi connectivity index (χ0v) is 22.5. The smallest absolute Gasteiger partial charge is 0.440 e. The summed E-state index contributed by atoms with van der Waals surface area (Å²) in [6, 6.07) is 19.7. The van der Waals surface area contributed by atoms with Gasteiger partial charge in [0.1, 0.15) is 30.8 Å². The van der Waals surface area contributed by atoms with Gasteiger partial charge in [-0.15, -0.1) is 4.74 Å². The van der Waals surface area contributed by atoms with E-state index < -0.39 is 17.2 Å². The van der Waals surface area contributed by atoms with Gasteiger partial charge in [-0.05, 0) is 85.3 Å². The number of ether oxygens (including phenoxy) is 4. The third kappa shape index (κ3) is 6.32. The van der Waals surface area contributed by atoms with Gasteiger partial charge in [0.15, 0.2) is 5.79 Å². The Morgan fingerprint density at radius 2 is 1.74 bits per heavy atom. The van der Waals surface area contributed by atoms with Gasteiger partial charge in [-0.2, -0.15) is 0 Å². The summed E-state index contributed by atoms with van der Waals surface area (Å²) in [5.74, 6) is 0.165. The van der Waals surface area contributed by atoms with E-state index in [0.717, 1.165) is 43.9 Å². The molecule has 1 atom stereocenters. The lowest BCUT2D eigenvalue weighted by Gasteiger charge is -2.18. The second kappa shape index (κ2) is 11.0. The van der Waals surface area contributed by atoms with Crippen molar-refractivity contribution < 1.29 is 23.5 Å². The summed E-state index contributed by atoms with van der Waals surface area (Å²) in [5.41, 5.74) is 5.85. The Morgan fingerprint density at radius 1 is 0.974 bits per heavy atom. The van der Waals surface area contributed by atoms with Gasteiger partial charge in [-0.1, -0.05) is 36.4 Å². The minimum atomic E-state index is -0.772. The Kier molecular flexibility index (Phi) is 7.45. The predicted molar refractivity (Wildman–Crippen MR) is 145 cm³/mol. The van der Waals surface area contributed by atoms with Crippen molar-refractivity contribution in [1.29, 1.82) is 0 Å². The van der Waals surface area contributed by atoms with Gasteiger partial charge in [0.05, 0.1) is 13.2 Å². The summed E-state index contributed by atoms with van der Waals surface area (Å²) in [5, 5.41) is 0. The molecular weight excluding hydrogens is 500 g/mol. The van der Waals surface area contributed by atoms with Crippen LogP contribution in [0, 0.1) is 13.8 Å². The molecule has 1 N–H and O–H groups in total. The normalized spacial score (nSPS) is 16.4. The summed E-state index contributed by atoms with van der Waals surface area (Å²) in [6.45, 7) is 9.52. The first-order chi connectivity index (χ1) is 18.7. The Hall–Kier alpha value is -4.08. The molecule has 0 aliphatic carbocycles. The third-order valence-corrected chi connectivity index (χ3v) is 6.71. The van der Waals surface area contributed by atoms with E-state index in [1.54, 1.807) is 0 Å². The number of benzene rings is 3. The van der Waals surface area contributed by atoms with Crippen LogP contribution in [0.5, 0.6) is 11.5 Å². The van der Waals surface area contributed by atoms with Gasteiger partial charge in [0.2, 0.25) is 0 Å². The Balaban J connectivity index is 1.22. The number of aromatic amines is 1. The summed E-state index contributed by atoms with van der Waals surface area (Å²) < 4.78 is 29.3. The second-order valence-electron chi connectivity index (χ2n) is 10.1. The standard InChI is InChI=1S/C30H32N2O7/c1-19-14-24(36-17-25-18-37-30(3,4)38-25)12-13-26(19)27-7-5-6-22(20(27)2)16-35-23-10-8-21(9-11-23)15-32-28(33)31-29(34)39-32/h5-14,25H,15-18H2,1-4H3,(H,31,33,34)/t25-/m0/s1. The molecule has 2 heterocycles. The minimum Gasteiger partial charge on any atom is -0.491 e. The molecule has 1 fully saturated rings. The van der Waals surface area contributed by atoms with Crippen molar-refractivity contribution in [3.05, 3.63) is 104 Å². The molecule has 1 aliphatic rings. The first-order valence-corrected chi connectivity index (χ1v) is 12.8. The van der Waals surface area contributed by atoms with Crippen LogP contribution in [-0.2, 0) is 22.6 Å². The van der Waals surface area contributed by atoms with Crippen molar-refractivity contribution >= 4 is 0 Å². The van der Waals surface area contributed by atoms with Crippen LogP contribution >= 0.6 is 0 Å². The number of rotatable bonds is 9. The first kappa shape index (κ1) is 26.5. The van der Waals surface area contributed by atoms with E-state index in [0.29, 0.717) is 25.6 Å². The highest BCUT2D eigenvalue weighted by Gasteiger charge is 2.33. The van der Waals surface area contributed by atoms with E-state index in [4.69, 9.17) is 23.5 Å². The number of aromatic nitrogens is 2. The summed E-state index contributed by atoms with van der Waals surface area (Å²) in [6.07, 6.45) is -0.0821. The molecule has 0 unspecified atom stereocenters. The summed E-state index contributed by atoms with van der Waals surface area (Å²) >= 11 is 0. The van der Waals surface area contributed by atoms with Crippen molar-refractivity contribution in [2.24, 2.45) is 0 Å². The number of nitrogens with zero attached hydrogens (tertiary/aromatic N) is 1. The van der Waals surface area contributed by atoms with Gasteiger partial charge in [-0.3, -0.25) is 0 Å². The van der Waals surface area contributed by atoms with Crippen LogP contribution in [0.15, 0.2) is 74.8 Å². The van der Waals surface area contributed by atoms with Crippen LogP contribution in [0.1, 0.15) is 36.1 Å². The van der Waals surface area contributed by atoms with Crippen molar-refractivity contribution in [3.63, 3.8) is 0 Å².